The average Bonchev–Trinajstić information content (AvgIpc) is 2.49. The van der Waals surface area contributed by atoms with Crippen LogP contribution in [0.4, 0.5) is 14.5 Å². The third-order valence-corrected chi connectivity index (χ3v) is 3.56. The fraction of sp³-hybridized carbons (Fsp3) is 0.125. The van der Waals surface area contributed by atoms with E-state index in [9.17, 15) is 26.8 Å². The highest BCUT2D eigenvalue weighted by atomic mass is 32.2. The van der Waals surface area contributed by atoms with E-state index in [1.54, 1.807) is 0 Å². The SMILES string of the molecule is CC(=O)C(=O)c1ccc(NS(C)(=O)=O)c(Oc2ccc(F)cc2F)c1. The molecule has 0 unspecified atom stereocenters. The van der Waals surface area contributed by atoms with E-state index < -0.39 is 33.2 Å². The molecule has 9 heteroatoms. The molecule has 0 radical (unpaired) electrons. The summed E-state index contributed by atoms with van der Waals surface area (Å²) < 4.78 is 57.0. The molecule has 0 spiro atoms. The molecule has 0 fully saturated rings. The van der Waals surface area contributed by atoms with Gasteiger partial charge in [0.15, 0.2) is 23.1 Å². The predicted octanol–water partition coefficient (Wildman–Crippen LogP) is 2.90. The molecule has 0 amide bonds. The lowest BCUT2D eigenvalue weighted by Crippen LogP contribution is -2.13. The lowest BCUT2D eigenvalue weighted by molar-refractivity contribution is -0.113. The first kappa shape index (κ1) is 18.5. The van der Waals surface area contributed by atoms with Crippen LogP contribution in [0.3, 0.4) is 0 Å². The summed E-state index contributed by atoms with van der Waals surface area (Å²) in [7, 11) is -3.69. The smallest absolute Gasteiger partial charge is 0.229 e. The van der Waals surface area contributed by atoms with Crippen LogP contribution < -0.4 is 9.46 Å². The van der Waals surface area contributed by atoms with Gasteiger partial charge >= 0.3 is 0 Å². The van der Waals surface area contributed by atoms with Crippen LogP contribution in [0.25, 0.3) is 0 Å². The largest absolute Gasteiger partial charge is 0.452 e. The predicted molar refractivity (Wildman–Crippen MR) is 86.4 cm³/mol. The molecule has 0 bridgehead atoms. The monoisotopic (exact) mass is 369 g/mol. The Morgan fingerprint density at radius 3 is 2.28 bits per heavy atom. The van der Waals surface area contributed by atoms with Crippen LogP contribution in [0, 0.1) is 11.6 Å². The Kier molecular flexibility index (Phi) is 5.17. The second-order valence-electron chi connectivity index (χ2n) is 5.15. The molecule has 0 atom stereocenters. The minimum atomic E-state index is -3.69. The summed E-state index contributed by atoms with van der Waals surface area (Å²) in [6.45, 7) is 1.07. The van der Waals surface area contributed by atoms with Gasteiger partial charge in [0.2, 0.25) is 15.8 Å². The van der Waals surface area contributed by atoms with Crippen molar-refractivity contribution in [2.45, 2.75) is 6.92 Å². The molecule has 0 aliphatic heterocycles. The van der Waals surface area contributed by atoms with Gasteiger partial charge in [-0.3, -0.25) is 14.3 Å². The Bertz CT molecular complexity index is 957. The molecule has 0 saturated carbocycles. The first-order valence-corrected chi connectivity index (χ1v) is 8.76. The number of nitrogens with one attached hydrogen (secondary N) is 1. The topological polar surface area (TPSA) is 89.5 Å². The molecule has 0 saturated heterocycles. The molecule has 0 aliphatic carbocycles. The van der Waals surface area contributed by atoms with Crippen LogP contribution in [-0.2, 0) is 14.8 Å². The average molecular weight is 369 g/mol. The number of Topliss-reactive ketones (excluding diaryl/α,β-unsaturated/α-hetero) is 2. The fourth-order valence-corrected chi connectivity index (χ4v) is 2.48. The Labute approximate surface area is 142 Å². The highest BCUT2D eigenvalue weighted by Crippen LogP contribution is 2.33. The molecule has 0 heterocycles. The van der Waals surface area contributed by atoms with E-state index in [0.29, 0.717) is 6.07 Å². The molecule has 0 aliphatic rings. The van der Waals surface area contributed by atoms with Crippen molar-refractivity contribution in [3.05, 3.63) is 53.6 Å². The molecule has 132 valence electrons. The van der Waals surface area contributed by atoms with Gasteiger partial charge in [0, 0.05) is 18.6 Å². The number of hydrogen-bond acceptors (Lipinski definition) is 5. The van der Waals surface area contributed by atoms with Gasteiger partial charge < -0.3 is 4.74 Å². The lowest BCUT2D eigenvalue weighted by Gasteiger charge is -2.13. The molecular formula is C16H13F2NO5S. The van der Waals surface area contributed by atoms with Gasteiger partial charge in [-0.2, -0.15) is 0 Å². The molecule has 0 aromatic heterocycles. The standard InChI is InChI=1S/C16H13F2NO5S/c1-9(20)16(21)10-3-5-13(19-25(2,22)23)15(7-10)24-14-6-4-11(17)8-12(14)18/h3-8,19H,1-2H3. The van der Waals surface area contributed by atoms with Crippen molar-refractivity contribution >= 4 is 27.3 Å². The fourth-order valence-electron chi connectivity index (χ4n) is 1.91. The second kappa shape index (κ2) is 6.98. The van der Waals surface area contributed by atoms with Gasteiger partial charge in [-0.15, -0.1) is 0 Å². The van der Waals surface area contributed by atoms with Crippen molar-refractivity contribution in [2.75, 3.05) is 11.0 Å². The number of ketones is 2. The molecule has 25 heavy (non-hydrogen) atoms. The Morgan fingerprint density at radius 1 is 1.04 bits per heavy atom. The Morgan fingerprint density at radius 2 is 1.72 bits per heavy atom. The summed E-state index contributed by atoms with van der Waals surface area (Å²) in [4.78, 5) is 23.0. The van der Waals surface area contributed by atoms with Crippen LogP contribution in [0.1, 0.15) is 17.3 Å². The van der Waals surface area contributed by atoms with E-state index in [2.05, 4.69) is 4.72 Å². The summed E-state index contributed by atoms with van der Waals surface area (Å²) in [6, 6.07) is 6.07. The van der Waals surface area contributed by atoms with Crippen molar-refractivity contribution in [3.63, 3.8) is 0 Å². The van der Waals surface area contributed by atoms with E-state index in [4.69, 9.17) is 4.74 Å². The second-order valence-corrected chi connectivity index (χ2v) is 6.90. The van der Waals surface area contributed by atoms with Crippen LogP contribution >= 0.6 is 0 Å². The third kappa shape index (κ3) is 4.83. The number of sulfonamides is 1. The van der Waals surface area contributed by atoms with E-state index in [1.165, 1.54) is 12.1 Å². The minimum Gasteiger partial charge on any atom is -0.452 e. The van der Waals surface area contributed by atoms with Crippen molar-refractivity contribution in [2.24, 2.45) is 0 Å². The summed E-state index contributed by atoms with van der Waals surface area (Å²) in [5.41, 5.74) is -0.143. The number of ether oxygens (including phenoxy) is 1. The van der Waals surface area contributed by atoms with Crippen molar-refractivity contribution in [1.82, 2.24) is 0 Å². The highest BCUT2D eigenvalue weighted by molar-refractivity contribution is 7.92. The lowest BCUT2D eigenvalue weighted by atomic mass is 10.1. The normalized spacial score (nSPS) is 11.0. The minimum absolute atomic E-state index is 0.0657. The van der Waals surface area contributed by atoms with Crippen molar-refractivity contribution < 1.29 is 31.5 Å². The zero-order chi connectivity index (χ0) is 18.8. The zero-order valence-corrected chi connectivity index (χ0v) is 14.0. The number of carbonyl (C=O) groups excluding carboxylic acids is 2. The molecule has 1 N–H and O–H groups in total. The number of benzene rings is 2. The quantitative estimate of drug-likeness (QED) is 0.625. The summed E-state index contributed by atoms with van der Waals surface area (Å²) in [5, 5.41) is 0. The van der Waals surface area contributed by atoms with Gasteiger partial charge in [-0.1, -0.05) is 0 Å². The number of carbonyl (C=O) groups is 2. The Hall–Kier alpha value is -2.81. The molecular weight excluding hydrogens is 356 g/mol. The maximum absolute atomic E-state index is 13.8. The van der Waals surface area contributed by atoms with Crippen LogP contribution in [-0.4, -0.2) is 26.2 Å². The number of rotatable bonds is 6. The Balaban J connectivity index is 2.51. The van der Waals surface area contributed by atoms with Crippen LogP contribution in [0.15, 0.2) is 36.4 Å². The first-order chi connectivity index (χ1) is 11.6. The van der Waals surface area contributed by atoms with Crippen molar-refractivity contribution in [3.8, 4) is 11.5 Å². The van der Waals surface area contributed by atoms with Gasteiger partial charge in [-0.05, 0) is 30.3 Å². The number of anilines is 1. The van der Waals surface area contributed by atoms with E-state index in [1.807, 2.05) is 0 Å². The van der Waals surface area contributed by atoms with Crippen molar-refractivity contribution in [1.29, 1.82) is 0 Å². The molecule has 2 aromatic carbocycles. The van der Waals surface area contributed by atoms with Crippen LogP contribution in [0.5, 0.6) is 11.5 Å². The van der Waals surface area contributed by atoms with E-state index in [0.717, 1.165) is 31.4 Å². The van der Waals surface area contributed by atoms with Gasteiger partial charge in [0.25, 0.3) is 0 Å². The van der Waals surface area contributed by atoms with Gasteiger partial charge in [-0.25, -0.2) is 17.2 Å². The summed E-state index contributed by atoms with van der Waals surface area (Å²) >= 11 is 0. The van der Waals surface area contributed by atoms with Crippen LogP contribution in [0.2, 0.25) is 0 Å². The zero-order valence-electron chi connectivity index (χ0n) is 13.2. The van der Waals surface area contributed by atoms with E-state index in [-0.39, 0.29) is 22.7 Å². The molecule has 2 rings (SSSR count). The summed E-state index contributed by atoms with van der Waals surface area (Å²) in [6.07, 6.45) is 0.893. The maximum atomic E-state index is 13.8. The third-order valence-electron chi connectivity index (χ3n) is 2.97. The van der Waals surface area contributed by atoms with E-state index >= 15 is 0 Å². The number of halogens is 2. The van der Waals surface area contributed by atoms with Gasteiger partial charge in [0.05, 0.1) is 11.9 Å². The molecule has 6 nitrogen and oxygen atoms in total. The summed E-state index contributed by atoms with van der Waals surface area (Å²) in [5.74, 6) is -4.00. The van der Waals surface area contributed by atoms with Gasteiger partial charge in [0.1, 0.15) is 5.82 Å². The maximum Gasteiger partial charge on any atom is 0.229 e. The first-order valence-electron chi connectivity index (χ1n) is 6.87. The highest BCUT2D eigenvalue weighted by Gasteiger charge is 2.17. The number of hydrogen-bond donors (Lipinski definition) is 1. The molecule has 2 aromatic rings.